The van der Waals surface area contributed by atoms with E-state index in [0.717, 1.165) is 0 Å². The predicted octanol–water partition coefficient (Wildman–Crippen LogP) is 2.88. The number of para-hydroxylation sites is 1. The van der Waals surface area contributed by atoms with Crippen molar-refractivity contribution < 1.29 is 14.3 Å². The first-order chi connectivity index (χ1) is 9.26. The van der Waals surface area contributed by atoms with Crippen molar-refractivity contribution in [2.75, 3.05) is 24.4 Å². The van der Waals surface area contributed by atoms with E-state index in [9.17, 15) is 4.79 Å². The van der Waals surface area contributed by atoms with Gasteiger partial charge in [0.2, 0.25) is 0 Å². The summed E-state index contributed by atoms with van der Waals surface area (Å²) in [6.45, 7) is 2.25. The summed E-state index contributed by atoms with van der Waals surface area (Å²) >= 11 is 5.71. The van der Waals surface area contributed by atoms with Gasteiger partial charge in [-0.3, -0.25) is 5.32 Å². The molecule has 1 rings (SSSR count). The van der Waals surface area contributed by atoms with Crippen LogP contribution in [0.25, 0.3) is 0 Å². The Balaban J connectivity index is 2.33. The van der Waals surface area contributed by atoms with Crippen LogP contribution in [0.15, 0.2) is 30.3 Å². The molecular weight excluding hydrogens is 266 g/mol. The highest BCUT2D eigenvalue weighted by molar-refractivity contribution is 6.18. The van der Waals surface area contributed by atoms with Crippen LogP contribution >= 0.6 is 11.6 Å². The zero-order valence-corrected chi connectivity index (χ0v) is 11.4. The van der Waals surface area contributed by atoms with E-state index in [4.69, 9.17) is 21.1 Å². The fraction of sp³-hybridized carbons (Fsp3) is 0.357. The number of alkyl halides is 1. The van der Waals surface area contributed by atoms with Gasteiger partial charge in [0.05, 0.1) is 12.5 Å². The van der Waals surface area contributed by atoms with Crippen molar-refractivity contribution >= 4 is 23.4 Å². The number of anilines is 1. The van der Waals surface area contributed by atoms with E-state index >= 15 is 0 Å². The third-order valence-corrected chi connectivity index (χ3v) is 2.46. The van der Waals surface area contributed by atoms with Crippen molar-refractivity contribution in [2.24, 2.45) is 0 Å². The molecule has 1 aromatic rings. The number of nitrogens with one attached hydrogen (secondary N) is 1. The highest BCUT2D eigenvalue weighted by Gasteiger charge is 2.13. The quantitative estimate of drug-likeness (QED) is 0.495. The van der Waals surface area contributed by atoms with Crippen molar-refractivity contribution in [2.45, 2.75) is 13.0 Å². The van der Waals surface area contributed by atoms with Crippen LogP contribution < -0.4 is 5.32 Å². The van der Waals surface area contributed by atoms with E-state index < -0.39 is 12.2 Å². The maximum Gasteiger partial charge on any atom is 0.412 e. The molecule has 0 aliphatic heterocycles. The lowest BCUT2D eigenvalue weighted by atomic mass is 10.3. The van der Waals surface area contributed by atoms with Crippen molar-refractivity contribution in [1.29, 1.82) is 0 Å². The Morgan fingerprint density at radius 2 is 2.16 bits per heavy atom. The lowest BCUT2D eigenvalue weighted by Gasteiger charge is -2.15. The molecule has 0 aliphatic rings. The fourth-order valence-electron chi connectivity index (χ4n) is 1.24. The molecule has 102 valence electrons. The van der Waals surface area contributed by atoms with E-state index in [2.05, 4.69) is 17.2 Å². The number of rotatable bonds is 6. The monoisotopic (exact) mass is 281 g/mol. The predicted molar refractivity (Wildman–Crippen MR) is 75.3 cm³/mol. The zero-order valence-electron chi connectivity index (χ0n) is 10.7. The number of hydrogen-bond acceptors (Lipinski definition) is 3. The summed E-state index contributed by atoms with van der Waals surface area (Å²) in [6, 6.07) is 9.04. The van der Waals surface area contributed by atoms with E-state index in [1.165, 1.54) is 0 Å². The molecule has 0 aromatic heterocycles. The van der Waals surface area contributed by atoms with Crippen LogP contribution in [0.2, 0.25) is 0 Å². The van der Waals surface area contributed by atoms with E-state index in [-0.39, 0.29) is 12.5 Å². The van der Waals surface area contributed by atoms with Crippen LogP contribution in [0, 0.1) is 11.8 Å². The topological polar surface area (TPSA) is 47.6 Å². The minimum absolute atomic E-state index is 0.168. The molecule has 0 fully saturated rings. The summed E-state index contributed by atoms with van der Waals surface area (Å²) in [4.78, 5) is 11.6. The van der Waals surface area contributed by atoms with E-state index in [1.807, 2.05) is 18.2 Å². The summed E-state index contributed by atoms with van der Waals surface area (Å²) < 4.78 is 10.3. The highest BCUT2D eigenvalue weighted by atomic mass is 35.5. The van der Waals surface area contributed by atoms with Gasteiger partial charge in [0.1, 0.15) is 12.7 Å². The Bertz CT molecular complexity index is 439. The van der Waals surface area contributed by atoms with Gasteiger partial charge in [0, 0.05) is 5.69 Å². The second-order valence-corrected chi connectivity index (χ2v) is 3.92. The number of carbonyl (C=O) groups excluding carboxylic acids is 1. The Hall–Kier alpha value is -1.70. The van der Waals surface area contributed by atoms with Crippen molar-refractivity contribution in [3.05, 3.63) is 30.3 Å². The maximum atomic E-state index is 11.6. The fourth-order valence-corrected chi connectivity index (χ4v) is 1.40. The third-order valence-electron chi connectivity index (χ3n) is 2.12. The molecule has 0 aliphatic carbocycles. The normalized spacial score (nSPS) is 11.1. The van der Waals surface area contributed by atoms with Crippen molar-refractivity contribution in [3.63, 3.8) is 0 Å². The van der Waals surface area contributed by atoms with Gasteiger partial charge in [-0.05, 0) is 19.1 Å². The molecule has 1 aromatic carbocycles. The van der Waals surface area contributed by atoms with Crippen LogP contribution in [0.5, 0.6) is 0 Å². The van der Waals surface area contributed by atoms with Crippen LogP contribution in [-0.2, 0) is 9.47 Å². The first-order valence-electron chi connectivity index (χ1n) is 5.82. The van der Waals surface area contributed by atoms with E-state index in [0.29, 0.717) is 12.3 Å². The molecule has 1 amide bonds. The molecule has 4 nitrogen and oxygen atoms in total. The SMILES string of the molecule is CC#CCOCC(CCl)OC(=O)Nc1ccccc1. The molecule has 5 heteroatoms. The minimum Gasteiger partial charge on any atom is -0.442 e. The van der Waals surface area contributed by atoms with Gasteiger partial charge in [-0.2, -0.15) is 0 Å². The summed E-state index contributed by atoms with van der Waals surface area (Å²) in [5.74, 6) is 5.62. The molecule has 0 radical (unpaired) electrons. The average molecular weight is 282 g/mol. The van der Waals surface area contributed by atoms with Gasteiger partial charge in [0.15, 0.2) is 0 Å². The molecule has 0 bridgehead atoms. The molecule has 0 spiro atoms. The zero-order chi connectivity index (χ0) is 13.9. The highest BCUT2D eigenvalue weighted by Crippen LogP contribution is 2.07. The maximum absolute atomic E-state index is 11.6. The number of amides is 1. The molecule has 1 N–H and O–H groups in total. The lowest BCUT2D eigenvalue weighted by Crippen LogP contribution is -2.28. The molecular formula is C14H16ClNO3. The van der Waals surface area contributed by atoms with Gasteiger partial charge in [-0.15, -0.1) is 17.5 Å². The first kappa shape index (κ1) is 15.4. The molecule has 0 saturated heterocycles. The van der Waals surface area contributed by atoms with Crippen LogP contribution in [0.3, 0.4) is 0 Å². The summed E-state index contributed by atoms with van der Waals surface area (Å²) in [7, 11) is 0. The summed E-state index contributed by atoms with van der Waals surface area (Å²) in [5.41, 5.74) is 0.665. The lowest BCUT2D eigenvalue weighted by molar-refractivity contribution is 0.0476. The van der Waals surface area contributed by atoms with E-state index in [1.54, 1.807) is 19.1 Å². The second-order valence-electron chi connectivity index (χ2n) is 3.61. The number of benzene rings is 1. The van der Waals surface area contributed by atoms with Gasteiger partial charge in [-0.1, -0.05) is 24.1 Å². The Morgan fingerprint density at radius 3 is 2.79 bits per heavy atom. The number of ether oxygens (including phenoxy) is 2. The molecule has 0 saturated carbocycles. The number of carbonyl (C=O) groups is 1. The molecule has 19 heavy (non-hydrogen) atoms. The Labute approximate surface area is 118 Å². The van der Waals surface area contributed by atoms with Gasteiger partial charge in [-0.25, -0.2) is 4.79 Å². The largest absolute Gasteiger partial charge is 0.442 e. The Kier molecular flexibility index (Phi) is 7.48. The standard InChI is InChI=1S/C14H16ClNO3/c1-2-3-9-18-11-13(10-15)19-14(17)16-12-7-5-4-6-8-12/h4-8,13H,9-11H2,1H3,(H,16,17). The van der Waals surface area contributed by atoms with Crippen LogP contribution in [0.4, 0.5) is 10.5 Å². The average Bonchev–Trinajstić information content (AvgIpc) is 2.43. The molecule has 0 heterocycles. The first-order valence-corrected chi connectivity index (χ1v) is 6.35. The molecule has 1 unspecified atom stereocenters. The summed E-state index contributed by atoms with van der Waals surface area (Å²) in [6.07, 6.45) is -1.05. The number of halogens is 1. The smallest absolute Gasteiger partial charge is 0.412 e. The second kappa shape index (κ2) is 9.26. The van der Waals surface area contributed by atoms with Crippen LogP contribution in [-0.4, -0.2) is 31.3 Å². The third kappa shape index (κ3) is 6.70. The molecule has 1 atom stereocenters. The summed E-state index contributed by atoms with van der Waals surface area (Å²) in [5, 5.41) is 2.60. The van der Waals surface area contributed by atoms with Crippen LogP contribution in [0.1, 0.15) is 6.92 Å². The Morgan fingerprint density at radius 1 is 1.42 bits per heavy atom. The van der Waals surface area contributed by atoms with Gasteiger partial charge in [0.25, 0.3) is 0 Å². The van der Waals surface area contributed by atoms with Gasteiger partial charge < -0.3 is 9.47 Å². The van der Waals surface area contributed by atoms with Crippen molar-refractivity contribution in [1.82, 2.24) is 0 Å². The minimum atomic E-state index is -0.554. The van der Waals surface area contributed by atoms with Gasteiger partial charge >= 0.3 is 6.09 Å². The number of hydrogen-bond donors (Lipinski definition) is 1. The van der Waals surface area contributed by atoms with Crippen molar-refractivity contribution in [3.8, 4) is 11.8 Å².